The number of H-pyrrole nitrogens is 1. The van der Waals surface area contributed by atoms with Gasteiger partial charge in [0.15, 0.2) is 35.5 Å². The Bertz CT molecular complexity index is 4060. The van der Waals surface area contributed by atoms with Crippen LogP contribution in [0.15, 0.2) is 130 Å². The summed E-state index contributed by atoms with van der Waals surface area (Å²) in [5.74, 6) is 1.20. The lowest BCUT2D eigenvalue weighted by Crippen LogP contribution is -2.37. The fourth-order valence-electron chi connectivity index (χ4n) is 7.67. The van der Waals surface area contributed by atoms with E-state index in [4.69, 9.17) is 27.9 Å². The molecular formula is C57H48BrF6N21O4S. The van der Waals surface area contributed by atoms with Crippen LogP contribution in [0, 0.1) is 24.5 Å². The van der Waals surface area contributed by atoms with E-state index >= 15 is 0 Å². The van der Waals surface area contributed by atoms with Crippen molar-refractivity contribution in [2.75, 3.05) is 42.2 Å². The average Bonchev–Trinajstić information content (AvgIpc) is 2.20. The maximum absolute atomic E-state index is 12.2. The second-order valence-electron chi connectivity index (χ2n) is 18.8. The lowest BCUT2D eigenvalue weighted by molar-refractivity contribution is -0.173. The first kappa shape index (κ1) is 65.0. The van der Waals surface area contributed by atoms with Gasteiger partial charge in [0.2, 0.25) is 0 Å². The zero-order chi connectivity index (χ0) is 64.2. The standard InChI is InChI=1S/C20H15F3N10O.C19H18BrN5O.C18H15F3N6O2S/c21-20(22,23)19(34)27-8-15-11-33(32-29-15)10-12-1-3-13(4-2-12)16-5-17(31-30-16)28-18-9-25-14(6-24)7-26-18;1-4-12(2)26-16-8-14(20)5-6-15(16)13-7-17(22-9-13)25-19-11-23-18(21-3)10-24-19;1-22-14-9-26-15(10-25-14)27-13-7-11(8-24-13)16-12(3-6-30-16)29-5-2-4-23-17(28)18(19,20)21/h1-5,7,9,11H,8,10H2,(H,27,34)(H2,26,28,30,31);5-8,10-12H,4,9H2,1-2H3,(H,22,24,25);3,6-7,9-10H,2,4-5,8H2,(H,23,28)(H,24,26,27)/t;12-;/m.0./s1. The maximum atomic E-state index is 12.2. The van der Waals surface area contributed by atoms with E-state index in [1.165, 1.54) is 59.4 Å². The molecule has 460 valence electrons. The average molecular weight is 1320 g/mol. The highest BCUT2D eigenvalue weighted by molar-refractivity contribution is 9.10. The molecule has 6 aromatic heterocycles. The molecule has 2 amide bonds. The van der Waals surface area contributed by atoms with Gasteiger partial charge in [-0.05, 0) is 83.8 Å². The van der Waals surface area contributed by atoms with Gasteiger partial charge in [0.05, 0.1) is 80.4 Å². The molecule has 1 atom stereocenters. The zero-order valence-corrected chi connectivity index (χ0v) is 49.5. The molecule has 2 aliphatic rings. The van der Waals surface area contributed by atoms with Crippen molar-refractivity contribution in [2.45, 2.75) is 58.2 Å². The molecule has 8 heterocycles. The summed E-state index contributed by atoms with van der Waals surface area (Å²) in [7, 11) is 0. The highest BCUT2D eigenvalue weighted by Gasteiger charge is 2.39. The predicted molar refractivity (Wildman–Crippen MR) is 323 cm³/mol. The van der Waals surface area contributed by atoms with Crippen molar-refractivity contribution in [1.82, 2.24) is 65.7 Å². The second kappa shape index (κ2) is 30.6. The van der Waals surface area contributed by atoms with Crippen LogP contribution in [0.5, 0.6) is 11.5 Å². The Morgan fingerprint density at radius 3 is 2.03 bits per heavy atom. The first-order chi connectivity index (χ1) is 43.2. The number of carbonyl (C=O) groups excluding carboxylic acids is 2. The number of carbonyl (C=O) groups is 2. The van der Waals surface area contributed by atoms with Crippen LogP contribution in [0.3, 0.4) is 0 Å². The van der Waals surface area contributed by atoms with Gasteiger partial charge in [-0.15, -0.1) is 26.4 Å². The van der Waals surface area contributed by atoms with Crippen LogP contribution < -0.4 is 36.1 Å². The molecule has 90 heavy (non-hydrogen) atoms. The second-order valence-corrected chi connectivity index (χ2v) is 20.6. The van der Waals surface area contributed by atoms with Gasteiger partial charge in [0.1, 0.15) is 40.8 Å². The topological polar surface area (TPSA) is 307 Å². The molecule has 0 saturated carbocycles. The normalized spacial score (nSPS) is 12.7. The van der Waals surface area contributed by atoms with E-state index in [1.54, 1.807) is 22.8 Å². The molecule has 8 aromatic rings. The number of amidine groups is 2. The minimum absolute atomic E-state index is 0.134. The van der Waals surface area contributed by atoms with Gasteiger partial charge < -0.3 is 45.7 Å². The molecule has 2 aliphatic heterocycles. The molecule has 0 unspecified atom stereocenters. The number of aliphatic imine (C=N–C) groups is 2. The van der Waals surface area contributed by atoms with E-state index in [0.717, 1.165) is 55.1 Å². The van der Waals surface area contributed by atoms with Crippen molar-refractivity contribution in [3.63, 3.8) is 0 Å². The number of rotatable bonds is 19. The highest BCUT2D eigenvalue weighted by atomic mass is 79.9. The van der Waals surface area contributed by atoms with Crippen molar-refractivity contribution in [3.8, 4) is 28.8 Å². The molecule has 0 fully saturated rings. The van der Waals surface area contributed by atoms with Crippen LogP contribution in [-0.4, -0.2) is 123 Å². The van der Waals surface area contributed by atoms with Gasteiger partial charge in [-0.3, -0.25) is 24.7 Å². The minimum Gasteiger partial charge on any atom is -0.492 e. The van der Waals surface area contributed by atoms with E-state index in [1.807, 2.05) is 66.1 Å². The van der Waals surface area contributed by atoms with E-state index in [2.05, 4.69) is 116 Å². The monoisotopic (exact) mass is 1320 g/mol. The molecule has 2 aromatic carbocycles. The number of ether oxygens (including phenoxy) is 2. The van der Waals surface area contributed by atoms with Gasteiger partial charge in [0, 0.05) is 22.6 Å². The summed E-state index contributed by atoms with van der Waals surface area (Å²) in [5, 5.41) is 38.0. The number of alkyl halides is 6. The number of nitriles is 1. The largest absolute Gasteiger partial charge is 0.492 e. The first-order valence-electron chi connectivity index (χ1n) is 26.6. The summed E-state index contributed by atoms with van der Waals surface area (Å²) in [6.45, 7) is 18.9. The number of nitrogens with one attached hydrogen (secondary N) is 6. The molecule has 0 aliphatic carbocycles. The van der Waals surface area contributed by atoms with Gasteiger partial charge in [-0.25, -0.2) is 24.6 Å². The van der Waals surface area contributed by atoms with Crippen LogP contribution in [0.25, 0.3) is 32.1 Å². The van der Waals surface area contributed by atoms with Crippen LogP contribution in [0.1, 0.15) is 54.1 Å². The summed E-state index contributed by atoms with van der Waals surface area (Å²) in [4.78, 5) is 62.0. The Labute approximate surface area is 520 Å². The SMILES string of the molecule is N#Cc1cnc(Nc2cc(-c3ccc(Cn4cc(CNC(=O)C(F)(F)F)nn4)cc3)[nH]n2)cn1.[C-]#[N+]c1cnc(NC2=NCC(c3ccc(Br)cc3O[C@@H](C)CC)=C2)cn1.[C-]#[N+]c1cnc(NC2=NCC(c3sccc3OCCCNC(=O)C(F)(F)F)=C2)cn1. The Morgan fingerprint density at radius 1 is 0.789 bits per heavy atom. The summed E-state index contributed by atoms with van der Waals surface area (Å²) in [6.07, 6.45) is 5.32. The van der Waals surface area contributed by atoms with E-state index in [-0.39, 0.29) is 55.2 Å². The smallest absolute Gasteiger partial charge is 0.471 e. The van der Waals surface area contributed by atoms with Gasteiger partial charge >= 0.3 is 24.2 Å². The Hall–Kier alpha value is -11.0. The number of aromatic nitrogens is 11. The number of hydrogen-bond donors (Lipinski definition) is 6. The van der Waals surface area contributed by atoms with E-state index < -0.39 is 24.2 Å². The quantitative estimate of drug-likeness (QED) is 0.0249. The number of hydrogen-bond acceptors (Lipinski definition) is 20. The summed E-state index contributed by atoms with van der Waals surface area (Å²) >= 11 is 4.97. The summed E-state index contributed by atoms with van der Waals surface area (Å²) in [6, 6.07) is 18.9. The molecule has 33 heteroatoms. The number of anilines is 4. The number of aromatic amines is 1. The molecular weight excluding hydrogens is 1270 g/mol. The highest BCUT2D eigenvalue weighted by Crippen LogP contribution is 2.35. The van der Waals surface area contributed by atoms with Gasteiger partial charge in [-0.2, -0.15) is 36.7 Å². The Morgan fingerprint density at radius 2 is 1.42 bits per heavy atom. The number of nitrogens with zero attached hydrogens (tertiary/aromatic N) is 15. The van der Waals surface area contributed by atoms with Crippen molar-refractivity contribution in [3.05, 3.63) is 170 Å². The number of benzene rings is 2. The molecule has 25 nitrogen and oxygen atoms in total. The van der Waals surface area contributed by atoms with Gasteiger partial charge in [0.25, 0.3) is 11.6 Å². The third-order valence-electron chi connectivity index (χ3n) is 12.2. The van der Waals surface area contributed by atoms with Crippen molar-refractivity contribution in [1.29, 1.82) is 5.26 Å². The van der Waals surface area contributed by atoms with Crippen LogP contribution >= 0.6 is 27.3 Å². The lowest BCUT2D eigenvalue weighted by Gasteiger charge is -2.17. The van der Waals surface area contributed by atoms with Crippen molar-refractivity contribution in [2.24, 2.45) is 9.98 Å². The third-order valence-corrected chi connectivity index (χ3v) is 13.7. The number of amides is 2. The summed E-state index contributed by atoms with van der Waals surface area (Å²) < 4.78 is 87.3. The first-order valence-corrected chi connectivity index (χ1v) is 28.3. The molecule has 6 N–H and O–H groups in total. The summed E-state index contributed by atoms with van der Waals surface area (Å²) in [5.41, 5.74) is 5.93. The third kappa shape index (κ3) is 19.0. The van der Waals surface area contributed by atoms with Crippen molar-refractivity contribution < 1.29 is 45.4 Å². The molecule has 0 spiro atoms. The fourth-order valence-corrected chi connectivity index (χ4v) is 8.86. The lowest BCUT2D eigenvalue weighted by atomic mass is 10.1. The van der Waals surface area contributed by atoms with E-state index in [0.29, 0.717) is 60.3 Å². The Kier molecular flexibility index (Phi) is 22.1. The van der Waals surface area contributed by atoms with Crippen molar-refractivity contribution >= 4 is 96.8 Å². The number of halogens is 7. The number of thiophene rings is 1. The van der Waals surface area contributed by atoms with Crippen LogP contribution in [-0.2, 0) is 22.7 Å². The fraction of sp³-hybridized carbons (Fsp3) is 0.228. The zero-order valence-electron chi connectivity index (χ0n) is 47.1. The molecule has 10 rings (SSSR count). The van der Waals surface area contributed by atoms with E-state index in [9.17, 15) is 35.9 Å². The minimum atomic E-state index is -4.94. The molecule has 0 bridgehead atoms. The van der Waals surface area contributed by atoms with Crippen LogP contribution in [0.2, 0.25) is 0 Å². The van der Waals surface area contributed by atoms with Crippen LogP contribution in [0.4, 0.5) is 61.2 Å². The molecule has 0 saturated heterocycles. The maximum Gasteiger partial charge on any atom is 0.471 e. The van der Waals surface area contributed by atoms with Gasteiger partial charge in [-0.1, -0.05) is 65.5 Å². The Balaban J connectivity index is 0.000000176. The predicted octanol–water partition coefficient (Wildman–Crippen LogP) is 10.6. The molecule has 0 radical (unpaired) electrons.